The number of carbonyl (C=O) groups excluding carboxylic acids is 1. The average Bonchev–Trinajstić information content (AvgIpc) is 2.75. The minimum absolute atomic E-state index is 0.0999. The number of aliphatic hydroxyl groups excluding tert-OH is 1. The van der Waals surface area contributed by atoms with E-state index in [1.165, 1.54) is 0 Å². The molecule has 1 aromatic rings. The normalized spacial score (nSPS) is 23.1. The predicted molar refractivity (Wildman–Crippen MR) is 73.6 cm³/mol. The molecule has 1 heterocycles. The molecule has 0 saturated carbocycles. The van der Waals surface area contributed by atoms with Gasteiger partial charge in [-0.25, -0.2) is 0 Å². The van der Waals surface area contributed by atoms with Crippen LogP contribution in [0.3, 0.4) is 0 Å². The number of halogens is 1. The van der Waals surface area contributed by atoms with Crippen molar-refractivity contribution in [3.63, 3.8) is 0 Å². The van der Waals surface area contributed by atoms with Gasteiger partial charge in [0.25, 0.3) is 5.91 Å². The molecule has 0 spiro atoms. The Morgan fingerprint density at radius 2 is 2.33 bits per heavy atom. The van der Waals surface area contributed by atoms with Gasteiger partial charge < -0.3 is 15.7 Å². The fourth-order valence-electron chi connectivity index (χ4n) is 1.99. The van der Waals surface area contributed by atoms with Crippen LogP contribution in [0.5, 0.6) is 0 Å². The molecule has 2 unspecified atom stereocenters. The number of benzene rings is 1. The number of aliphatic hydroxyl groups is 1. The van der Waals surface area contributed by atoms with E-state index in [2.05, 4.69) is 26.6 Å². The molecule has 2 rings (SSSR count). The zero-order valence-corrected chi connectivity index (χ0v) is 11.8. The quantitative estimate of drug-likeness (QED) is 0.782. The molecule has 0 radical (unpaired) electrons. The van der Waals surface area contributed by atoms with Gasteiger partial charge in [0.1, 0.15) is 0 Å². The summed E-state index contributed by atoms with van der Waals surface area (Å²) in [6, 6.07) is 5.53. The van der Waals surface area contributed by atoms with Crippen LogP contribution in [0.15, 0.2) is 22.7 Å². The van der Waals surface area contributed by atoms with E-state index in [9.17, 15) is 9.90 Å². The molecule has 0 aromatic heterocycles. The van der Waals surface area contributed by atoms with Crippen LogP contribution in [-0.2, 0) is 0 Å². The molecular formula is C13H17BrN2O2. The number of aryl methyl sites for hydroxylation is 1. The molecule has 1 aliphatic heterocycles. The van der Waals surface area contributed by atoms with Gasteiger partial charge in [0, 0.05) is 35.6 Å². The van der Waals surface area contributed by atoms with Crippen molar-refractivity contribution in [2.75, 3.05) is 19.6 Å². The molecule has 1 aromatic carbocycles. The maximum atomic E-state index is 11.9. The molecule has 4 nitrogen and oxygen atoms in total. The van der Waals surface area contributed by atoms with E-state index in [0.29, 0.717) is 18.7 Å². The smallest absolute Gasteiger partial charge is 0.251 e. The molecule has 1 saturated heterocycles. The summed E-state index contributed by atoms with van der Waals surface area (Å²) in [7, 11) is 0. The van der Waals surface area contributed by atoms with Gasteiger partial charge in [-0.2, -0.15) is 0 Å². The second kappa shape index (κ2) is 5.82. The van der Waals surface area contributed by atoms with Crippen molar-refractivity contribution < 1.29 is 9.90 Å². The third kappa shape index (κ3) is 3.10. The van der Waals surface area contributed by atoms with Gasteiger partial charge in [-0.05, 0) is 24.6 Å². The summed E-state index contributed by atoms with van der Waals surface area (Å²) in [6.45, 7) is 3.83. The lowest BCUT2D eigenvalue weighted by molar-refractivity contribution is 0.0927. The van der Waals surface area contributed by atoms with Crippen molar-refractivity contribution in [1.82, 2.24) is 10.6 Å². The molecule has 18 heavy (non-hydrogen) atoms. The van der Waals surface area contributed by atoms with Gasteiger partial charge in [0.2, 0.25) is 0 Å². The monoisotopic (exact) mass is 312 g/mol. The largest absolute Gasteiger partial charge is 0.391 e. The van der Waals surface area contributed by atoms with Gasteiger partial charge in [0.05, 0.1) is 6.10 Å². The first kappa shape index (κ1) is 13.5. The lowest BCUT2D eigenvalue weighted by Gasteiger charge is -2.14. The zero-order valence-electron chi connectivity index (χ0n) is 10.2. The Bertz CT molecular complexity index is 451. The summed E-state index contributed by atoms with van der Waals surface area (Å²) in [4.78, 5) is 11.9. The zero-order chi connectivity index (χ0) is 13.1. The van der Waals surface area contributed by atoms with Crippen molar-refractivity contribution in [2.45, 2.75) is 13.0 Å². The van der Waals surface area contributed by atoms with Crippen LogP contribution in [0.4, 0.5) is 0 Å². The maximum absolute atomic E-state index is 11.9. The Balaban J connectivity index is 1.93. The van der Waals surface area contributed by atoms with Crippen LogP contribution in [0.2, 0.25) is 0 Å². The summed E-state index contributed by atoms with van der Waals surface area (Å²) >= 11 is 3.41. The van der Waals surface area contributed by atoms with Crippen LogP contribution in [0.1, 0.15) is 15.9 Å². The number of rotatable bonds is 3. The highest BCUT2D eigenvalue weighted by molar-refractivity contribution is 9.10. The maximum Gasteiger partial charge on any atom is 0.251 e. The second-order valence-corrected chi connectivity index (χ2v) is 5.51. The van der Waals surface area contributed by atoms with E-state index in [1.807, 2.05) is 19.1 Å². The highest BCUT2D eigenvalue weighted by atomic mass is 79.9. The number of carbonyl (C=O) groups is 1. The van der Waals surface area contributed by atoms with E-state index in [1.54, 1.807) is 6.07 Å². The lowest BCUT2D eigenvalue weighted by Crippen LogP contribution is -2.34. The van der Waals surface area contributed by atoms with E-state index in [-0.39, 0.29) is 17.9 Å². The fraction of sp³-hybridized carbons (Fsp3) is 0.462. The van der Waals surface area contributed by atoms with Crippen molar-refractivity contribution in [1.29, 1.82) is 0 Å². The van der Waals surface area contributed by atoms with Gasteiger partial charge in [-0.1, -0.05) is 22.0 Å². The summed E-state index contributed by atoms with van der Waals surface area (Å²) in [6.07, 6.45) is -0.366. The molecule has 98 valence electrons. The fourth-order valence-corrected chi connectivity index (χ4v) is 2.37. The topological polar surface area (TPSA) is 61.4 Å². The summed E-state index contributed by atoms with van der Waals surface area (Å²) in [5.41, 5.74) is 1.73. The summed E-state index contributed by atoms with van der Waals surface area (Å²) < 4.78 is 0.928. The van der Waals surface area contributed by atoms with Gasteiger partial charge >= 0.3 is 0 Å². The Morgan fingerprint density at radius 3 is 2.94 bits per heavy atom. The van der Waals surface area contributed by atoms with Gasteiger partial charge in [-0.3, -0.25) is 4.79 Å². The number of hydrogen-bond donors (Lipinski definition) is 3. The Kier molecular flexibility index (Phi) is 4.37. The second-order valence-electron chi connectivity index (χ2n) is 4.66. The third-order valence-corrected chi connectivity index (χ3v) is 4.12. The molecule has 5 heteroatoms. The Hall–Kier alpha value is -0.910. The Morgan fingerprint density at radius 1 is 1.56 bits per heavy atom. The van der Waals surface area contributed by atoms with Crippen LogP contribution < -0.4 is 10.6 Å². The van der Waals surface area contributed by atoms with Crippen LogP contribution in [0, 0.1) is 12.8 Å². The third-order valence-electron chi connectivity index (χ3n) is 3.26. The molecule has 1 fully saturated rings. The standard InChI is InChI=1S/C13H17BrN2O2/c1-8-2-3-9(4-11(8)14)13(18)16-6-10-5-15-7-12(10)17/h2-4,10,12,15,17H,5-7H2,1H3,(H,16,18). The lowest BCUT2D eigenvalue weighted by atomic mass is 10.1. The minimum Gasteiger partial charge on any atom is -0.391 e. The number of amides is 1. The first-order chi connectivity index (χ1) is 8.58. The van der Waals surface area contributed by atoms with Crippen molar-refractivity contribution in [3.05, 3.63) is 33.8 Å². The highest BCUT2D eigenvalue weighted by Crippen LogP contribution is 2.17. The first-order valence-corrected chi connectivity index (χ1v) is 6.80. The van der Waals surface area contributed by atoms with Gasteiger partial charge in [-0.15, -0.1) is 0 Å². The SMILES string of the molecule is Cc1ccc(C(=O)NCC2CNCC2O)cc1Br. The molecule has 1 amide bonds. The summed E-state index contributed by atoms with van der Waals surface area (Å²) in [5.74, 6) is -0.00219. The van der Waals surface area contributed by atoms with E-state index >= 15 is 0 Å². The molecule has 0 aliphatic carbocycles. The van der Waals surface area contributed by atoms with Crippen molar-refractivity contribution in [2.24, 2.45) is 5.92 Å². The Labute approximate surface area is 115 Å². The molecule has 1 aliphatic rings. The van der Waals surface area contributed by atoms with Crippen LogP contribution >= 0.6 is 15.9 Å². The van der Waals surface area contributed by atoms with Crippen LogP contribution in [-0.4, -0.2) is 36.8 Å². The molecule has 3 N–H and O–H groups in total. The minimum atomic E-state index is -0.366. The summed E-state index contributed by atoms with van der Waals surface area (Å²) in [5, 5.41) is 15.6. The molecule has 2 atom stereocenters. The van der Waals surface area contributed by atoms with E-state index in [0.717, 1.165) is 16.6 Å². The highest BCUT2D eigenvalue weighted by Gasteiger charge is 2.25. The van der Waals surface area contributed by atoms with Crippen molar-refractivity contribution >= 4 is 21.8 Å². The van der Waals surface area contributed by atoms with Crippen molar-refractivity contribution in [3.8, 4) is 0 Å². The van der Waals surface area contributed by atoms with Gasteiger partial charge in [0.15, 0.2) is 0 Å². The predicted octanol–water partition coefficient (Wildman–Crippen LogP) is 1.07. The number of nitrogens with one attached hydrogen (secondary N) is 2. The number of hydrogen-bond acceptors (Lipinski definition) is 3. The van der Waals surface area contributed by atoms with Crippen LogP contribution in [0.25, 0.3) is 0 Å². The first-order valence-electron chi connectivity index (χ1n) is 6.01. The van der Waals surface area contributed by atoms with E-state index < -0.39 is 0 Å². The van der Waals surface area contributed by atoms with E-state index in [4.69, 9.17) is 0 Å². The average molecular weight is 313 g/mol. The number of β-amino-alcohol motifs (C(OH)–C–C–N with tert-alkyl or cyclic N) is 1. The molecular weight excluding hydrogens is 296 g/mol. The molecule has 0 bridgehead atoms.